The highest BCUT2D eigenvalue weighted by atomic mass is 16.5. The Morgan fingerprint density at radius 2 is 2.03 bits per heavy atom. The molecule has 1 aromatic heterocycles. The van der Waals surface area contributed by atoms with Gasteiger partial charge in [-0.1, -0.05) is 0 Å². The van der Waals surface area contributed by atoms with E-state index in [9.17, 15) is 14.7 Å². The molecule has 2 rings (SSSR count). The van der Waals surface area contributed by atoms with E-state index in [1.54, 1.807) is 12.1 Å². The highest BCUT2D eigenvalue weighted by Gasteiger charge is 2.31. The smallest absolute Gasteiger partial charge is 0.414 e. The number of carbonyl (C=O) groups is 2. The van der Waals surface area contributed by atoms with E-state index in [1.165, 1.54) is 23.1 Å². The molecule has 0 radical (unpaired) electrons. The van der Waals surface area contributed by atoms with Crippen LogP contribution in [0.4, 0.5) is 15.3 Å². The third kappa shape index (κ3) is 5.96. The molecule has 0 bridgehead atoms. The average molecular weight is 405 g/mol. The maximum atomic E-state index is 11.9. The second-order valence-electron chi connectivity index (χ2n) is 6.86. The van der Waals surface area contributed by atoms with Crippen molar-refractivity contribution in [3.05, 3.63) is 18.3 Å². The predicted octanol–water partition coefficient (Wildman–Crippen LogP) is 2.02. The van der Waals surface area contributed by atoms with Gasteiger partial charge >= 0.3 is 12.2 Å². The van der Waals surface area contributed by atoms with Gasteiger partial charge in [0.2, 0.25) is 5.88 Å². The summed E-state index contributed by atoms with van der Waals surface area (Å²) in [7, 11) is 1.28. The second-order valence-corrected chi connectivity index (χ2v) is 6.86. The molecule has 158 valence electrons. The minimum atomic E-state index is -0.889. The summed E-state index contributed by atoms with van der Waals surface area (Å²) in [6.07, 6.45) is 0.234. The quantitative estimate of drug-likeness (QED) is 0.732. The van der Waals surface area contributed by atoms with Gasteiger partial charge in [-0.3, -0.25) is 9.80 Å². The minimum absolute atomic E-state index is 0.0996. The van der Waals surface area contributed by atoms with Crippen LogP contribution < -0.4 is 9.64 Å². The van der Waals surface area contributed by atoms with Crippen LogP contribution in [0.3, 0.4) is 0 Å². The molecule has 2 unspecified atom stereocenters. The Labute approximate surface area is 170 Å². The summed E-state index contributed by atoms with van der Waals surface area (Å²) in [6, 6.07) is 5.55. The van der Waals surface area contributed by atoms with Crippen LogP contribution in [-0.4, -0.2) is 84.1 Å². The summed E-state index contributed by atoms with van der Waals surface area (Å²) in [5, 5.41) is 17.9. The van der Waals surface area contributed by atoms with Crippen LogP contribution in [0.1, 0.15) is 20.3 Å². The van der Waals surface area contributed by atoms with Crippen molar-refractivity contribution >= 4 is 17.9 Å². The van der Waals surface area contributed by atoms with Crippen LogP contribution >= 0.6 is 0 Å². The van der Waals surface area contributed by atoms with Gasteiger partial charge in [-0.2, -0.15) is 5.26 Å². The van der Waals surface area contributed by atoms with Gasteiger partial charge < -0.3 is 19.5 Å². The first-order chi connectivity index (χ1) is 13.9. The highest BCUT2D eigenvalue weighted by Crippen LogP contribution is 2.19. The number of pyridine rings is 1. The summed E-state index contributed by atoms with van der Waals surface area (Å²) in [5.41, 5.74) is 0.520. The first-order valence-electron chi connectivity index (χ1n) is 9.42. The van der Waals surface area contributed by atoms with E-state index in [0.717, 1.165) is 0 Å². The Kier molecular flexibility index (Phi) is 8.03. The molecule has 10 nitrogen and oxygen atoms in total. The molecule has 1 fully saturated rings. The van der Waals surface area contributed by atoms with Gasteiger partial charge in [0.05, 0.1) is 31.5 Å². The zero-order valence-electron chi connectivity index (χ0n) is 16.9. The monoisotopic (exact) mass is 405 g/mol. The lowest BCUT2D eigenvalue weighted by molar-refractivity contribution is 0.0319. The molecule has 1 aliphatic rings. The van der Waals surface area contributed by atoms with Crippen molar-refractivity contribution in [3.8, 4) is 11.9 Å². The number of hydrogen-bond donors (Lipinski definition) is 1. The lowest BCUT2D eigenvalue weighted by Crippen LogP contribution is -2.58. The molecule has 1 N–H and O–H groups in total. The van der Waals surface area contributed by atoms with Crippen molar-refractivity contribution in [2.75, 3.05) is 44.8 Å². The first-order valence-corrected chi connectivity index (χ1v) is 9.42. The maximum absolute atomic E-state index is 11.9. The summed E-state index contributed by atoms with van der Waals surface area (Å²) < 4.78 is 10.5. The van der Waals surface area contributed by atoms with E-state index in [1.807, 2.05) is 19.9 Å². The van der Waals surface area contributed by atoms with Crippen molar-refractivity contribution < 1.29 is 24.2 Å². The van der Waals surface area contributed by atoms with E-state index >= 15 is 0 Å². The molecule has 1 aliphatic heterocycles. The molecule has 2 atom stereocenters. The van der Waals surface area contributed by atoms with E-state index in [-0.39, 0.29) is 25.0 Å². The predicted molar refractivity (Wildman–Crippen MR) is 105 cm³/mol. The van der Waals surface area contributed by atoms with Crippen LogP contribution in [0, 0.1) is 11.3 Å². The molecule has 2 amide bonds. The van der Waals surface area contributed by atoms with E-state index in [2.05, 4.69) is 9.88 Å². The molecule has 10 heteroatoms. The zero-order valence-corrected chi connectivity index (χ0v) is 16.9. The number of aromatic nitrogens is 1. The molecular weight excluding hydrogens is 378 g/mol. The largest absolute Gasteiger partial charge is 0.476 e. The summed E-state index contributed by atoms with van der Waals surface area (Å²) in [5.74, 6) is 0.420. The highest BCUT2D eigenvalue weighted by molar-refractivity contribution is 5.87. The van der Waals surface area contributed by atoms with Gasteiger partial charge in [-0.15, -0.1) is 0 Å². The van der Waals surface area contributed by atoms with Crippen LogP contribution in [0.15, 0.2) is 18.3 Å². The molecule has 0 aliphatic carbocycles. The number of rotatable bonds is 7. The number of ether oxygens (including phenoxy) is 2. The normalized spacial score (nSPS) is 19.3. The lowest BCUT2D eigenvalue weighted by Gasteiger charge is -2.43. The molecule has 0 saturated carbocycles. The Morgan fingerprint density at radius 3 is 2.55 bits per heavy atom. The van der Waals surface area contributed by atoms with E-state index in [4.69, 9.17) is 14.7 Å². The number of nitriles is 1. The lowest BCUT2D eigenvalue weighted by atomic mass is 10.1. The number of nitrogens with zero attached hydrogens (tertiary/aromatic N) is 5. The summed E-state index contributed by atoms with van der Waals surface area (Å²) in [6.45, 7) is 6.21. The molecular formula is C19H27N5O5. The van der Waals surface area contributed by atoms with Gasteiger partial charge in [0.25, 0.3) is 0 Å². The van der Waals surface area contributed by atoms with Crippen molar-refractivity contribution in [1.29, 1.82) is 5.26 Å². The second kappa shape index (κ2) is 10.5. The van der Waals surface area contributed by atoms with Crippen molar-refractivity contribution in [1.82, 2.24) is 14.8 Å². The van der Waals surface area contributed by atoms with Crippen molar-refractivity contribution in [3.63, 3.8) is 0 Å². The van der Waals surface area contributed by atoms with Gasteiger partial charge in [0.1, 0.15) is 6.61 Å². The molecule has 0 spiro atoms. The molecule has 2 heterocycles. The van der Waals surface area contributed by atoms with Crippen LogP contribution in [0.25, 0.3) is 0 Å². The SMILES string of the molecule is COC(=O)N(CCC#N)c1ccc(OCCN2C(C)CN(C(=O)O)CC2C)nc1. The molecule has 29 heavy (non-hydrogen) atoms. The topological polar surface area (TPSA) is 119 Å². The first kappa shape index (κ1) is 22.2. The molecule has 1 saturated heterocycles. The number of amides is 2. The maximum Gasteiger partial charge on any atom is 0.414 e. The third-order valence-corrected chi connectivity index (χ3v) is 4.85. The molecule has 1 aromatic rings. The number of piperazine rings is 1. The average Bonchev–Trinajstić information content (AvgIpc) is 2.70. The number of carboxylic acid groups (broad SMARTS) is 1. The van der Waals surface area contributed by atoms with Crippen molar-refractivity contribution in [2.45, 2.75) is 32.4 Å². The summed E-state index contributed by atoms with van der Waals surface area (Å²) >= 11 is 0. The van der Waals surface area contributed by atoms with Crippen LogP contribution in [0.2, 0.25) is 0 Å². The van der Waals surface area contributed by atoms with Crippen molar-refractivity contribution in [2.24, 2.45) is 0 Å². The summed E-state index contributed by atoms with van der Waals surface area (Å²) in [4.78, 5) is 32.3. The van der Waals surface area contributed by atoms with Crippen LogP contribution in [0.5, 0.6) is 5.88 Å². The number of carbonyl (C=O) groups excluding carboxylic acids is 1. The number of anilines is 1. The number of hydrogen-bond acceptors (Lipinski definition) is 7. The Morgan fingerprint density at radius 1 is 1.34 bits per heavy atom. The fraction of sp³-hybridized carbons (Fsp3) is 0.579. The van der Waals surface area contributed by atoms with Crippen LogP contribution in [-0.2, 0) is 4.74 Å². The zero-order chi connectivity index (χ0) is 21.4. The minimum Gasteiger partial charge on any atom is -0.476 e. The van der Waals surface area contributed by atoms with Gasteiger partial charge in [0.15, 0.2) is 0 Å². The Bertz CT molecular complexity index is 724. The number of methoxy groups -OCH3 is 1. The Hall–Kier alpha value is -3.06. The Balaban J connectivity index is 1.89. The van der Waals surface area contributed by atoms with Gasteiger partial charge in [0, 0.05) is 44.3 Å². The van der Waals surface area contributed by atoms with Gasteiger partial charge in [-0.25, -0.2) is 14.6 Å². The fourth-order valence-corrected chi connectivity index (χ4v) is 3.42. The standard InChI is InChI=1S/C19H27N5O5/c1-14-12-22(18(25)26)13-15(2)23(14)9-10-29-17-6-5-16(11-21-17)24(8-4-7-20)19(27)28-3/h5-6,11,14-15H,4,8-10,12-13H2,1-3H3,(H,25,26). The fourth-order valence-electron chi connectivity index (χ4n) is 3.42. The molecule has 0 aromatic carbocycles. The van der Waals surface area contributed by atoms with Gasteiger partial charge in [-0.05, 0) is 19.9 Å². The van der Waals surface area contributed by atoms with E-state index < -0.39 is 12.2 Å². The third-order valence-electron chi connectivity index (χ3n) is 4.85. The van der Waals surface area contributed by atoms with E-state index in [0.29, 0.717) is 37.8 Å².